The zero-order valence-corrected chi connectivity index (χ0v) is 17.0. The summed E-state index contributed by atoms with van der Waals surface area (Å²) in [6.07, 6.45) is 1.30. The monoisotopic (exact) mass is 430 g/mol. The highest BCUT2D eigenvalue weighted by atomic mass is 79.9. The zero-order chi connectivity index (χ0) is 18.8. The lowest BCUT2D eigenvalue weighted by molar-refractivity contribution is -0.121. The Bertz CT molecular complexity index is 792. The standard InChI is InChI=1S/C17H23BrN2O4S/c1-4-11(2)19-16(22)6-8-25(23,24)15-10-14(18)9-13-5-7-20(12(3)21)17(13)15/h9-11H,4-8H2,1-3H3,(H,19,22). The normalized spacial score (nSPS) is 15.0. The molecule has 2 rings (SSSR count). The maximum absolute atomic E-state index is 12.8. The third kappa shape index (κ3) is 4.61. The summed E-state index contributed by atoms with van der Waals surface area (Å²) in [6, 6.07) is 3.37. The van der Waals surface area contributed by atoms with Crippen LogP contribution in [0.3, 0.4) is 0 Å². The lowest BCUT2D eigenvalue weighted by Crippen LogP contribution is -2.33. The zero-order valence-electron chi connectivity index (χ0n) is 14.6. The van der Waals surface area contributed by atoms with E-state index in [0.717, 1.165) is 12.0 Å². The number of halogens is 1. The Labute approximate surface area is 157 Å². The third-order valence-corrected chi connectivity index (χ3v) is 6.51. The number of fused-ring (bicyclic) bond motifs is 1. The molecule has 0 saturated heterocycles. The average molecular weight is 431 g/mol. The fourth-order valence-electron chi connectivity index (χ4n) is 2.81. The van der Waals surface area contributed by atoms with Crippen LogP contribution in [0, 0.1) is 0 Å². The molecule has 0 bridgehead atoms. The van der Waals surface area contributed by atoms with Crippen LogP contribution in [0.1, 0.15) is 39.2 Å². The first-order valence-corrected chi connectivity index (χ1v) is 10.7. The molecule has 1 unspecified atom stereocenters. The molecular weight excluding hydrogens is 408 g/mol. The Morgan fingerprint density at radius 1 is 1.36 bits per heavy atom. The third-order valence-electron chi connectivity index (χ3n) is 4.33. The van der Waals surface area contributed by atoms with Gasteiger partial charge < -0.3 is 10.2 Å². The van der Waals surface area contributed by atoms with E-state index in [9.17, 15) is 18.0 Å². The summed E-state index contributed by atoms with van der Waals surface area (Å²) in [6.45, 7) is 5.71. The minimum absolute atomic E-state index is 0.0125. The van der Waals surface area contributed by atoms with Gasteiger partial charge >= 0.3 is 0 Å². The van der Waals surface area contributed by atoms with Crippen molar-refractivity contribution in [1.29, 1.82) is 0 Å². The van der Waals surface area contributed by atoms with Gasteiger partial charge in [0.15, 0.2) is 9.84 Å². The number of anilines is 1. The maximum Gasteiger partial charge on any atom is 0.223 e. The topological polar surface area (TPSA) is 83.6 Å². The summed E-state index contributed by atoms with van der Waals surface area (Å²) in [5.74, 6) is -0.760. The average Bonchev–Trinajstić information content (AvgIpc) is 2.95. The van der Waals surface area contributed by atoms with Gasteiger partial charge in [0.1, 0.15) is 0 Å². The molecule has 8 heteroatoms. The van der Waals surface area contributed by atoms with Crippen LogP contribution in [-0.4, -0.2) is 38.6 Å². The second-order valence-corrected chi connectivity index (χ2v) is 9.27. The van der Waals surface area contributed by atoms with Crippen molar-refractivity contribution in [3.8, 4) is 0 Å². The molecule has 1 heterocycles. The van der Waals surface area contributed by atoms with E-state index in [4.69, 9.17) is 0 Å². The van der Waals surface area contributed by atoms with Gasteiger partial charge in [0.05, 0.1) is 16.3 Å². The highest BCUT2D eigenvalue weighted by molar-refractivity contribution is 9.10. The number of nitrogens with zero attached hydrogens (tertiary/aromatic N) is 1. The van der Waals surface area contributed by atoms with E-state index in [0.29, 0.717) is 23.1 Å². The molecule has 0 fully saturated rings. The van der Waals surface area contributed by atoms with Gasteiger partial charge in [-0.3, -0.25) is 9.59 Å². The number of rotatable bonds is 6. The Morgan fingerprint density at radius 3 is 2.64 bits per heavy atom. The van der Waals surface area contributed by atoms with Gasteiger partial charge in [-0.15, -0.1) is 0 Å². The molecule has 0 aliphatic carbocycles. The van der Waals surface area contributed by atoms with Crippen LogP contribution < -0.4 is 10.2 Å². The van der Waals surface area contributed by atoms with Gasteiger partial charge in [-0.05, 0) is 37.5 Å². The van der Waals surface area contributed by atoms with Gasteiger partial charge in [0.2, 0.25) is 11.8 Å². The van der Waals surface area contributed by atoms with Gasteiger partial charge in [-0.2, -0.15) is 0 Å². The first-order chi connectivity index (χ1) is 11.7. The van der Waals surface area contributed by atoms with Crippen molar-refractivity contribution >= 4 is 43.3 Å². The molecule has 2 amide bonds. The minimum atomic E-state index is -3.70. The van der Waals surface area contributed by atoms with Crippen molar-refractivity contribution < 1.29 is 18.0 Å². The lowest BCUT2D eigenvalue weighted by Gasteiger charge is -2.19. The fourth-order valence-corrected chi connectivity index (χ4v) is 4.98. The van der Waals surface area contributed by atoms with Gasteiger partial charge in [-0.1, -0.05) is 22.9 Å². The molecule has 1 N–H and O–H groups in total. The Hall–Kier alpha value is -1.41. The largest absolute Gasteiger partial charge is 0.354 e. The molecule has 0 saturated carbocycles. The quantitative estimate of drug-likeness (QED) is 0.750. The fraction of sp³-hybridized carbons (Fsp3) is 0.529. The summed E-state index contributed by atoms with van der Waals surface area (Å²) in [7, 11) is -3.70. The van der Waals surface area contributed by atoms with Crippen molar-refractivity contribution in [3.63, 3.8) is 0 Å². The molecule has 6 nitrogen and oxygen atoms in total. The molecule has 1 atom stereocenters. The van der Waals surface area contributed by atoms with E-state index in [1.54, 1.807) is 0 Å². The van der Waals surface area contributed by atoms with Crippen LogP contribution in [0.5, 0.6) is 0 Å². The highest BCUT2D eigenvalue weighted by Gasteiger charge is 2.31. The van der Waals surface area contributed by atoms with Gasteiger partial charge in [-0.25, -0.2) is 8.42 Å². The molecule has 0 spiro atoms. The maximum atomic E-state index is 12.8. The molecule has 25 heavy (non-hydrogen) atoms. The summed E-state index contributed by atoms with van der Waals surface area (Å²) in [4.78, 5) is 25.4. The molecule has 1 aromatic rings. The smallest absolute Gasteiger partial charge is 0.223 e. The van der Waals surface area contributed by atoms with Crippen molar-refractivity contribution in [2.75, 3.05) is 17.2 Å². The van der Waals surface area contributed by atoms with Gasteiger partial charge in [0.25, 0.3) is 0 Å². The van der Waals surface area contributed by atoms with E-state index >= 15 is 0 Å². The second-order valence-electron chi connectivity index (χ2n) is 6.28. The van der Waals surface area contributed by atoms with Crippen LogP contribution >= 0.6 is 15.9 Å². The second kappa shape index (κ2) is 7.86. The minimum Gasteiger partial charge on any atom is -0.354 e. The van der Waals surface area contributed by atoms with E-state index in [2.05, 4.69) is 21.2 Å². The predicted molar refractivity (Wildman–Crippen MR) is 100 cm³/mol. The van der Waals surface area contributed by atoms with E-state index < -0.39 is 9.84 Å². The van der Waals surface area contributed by atoms with E-state index in [1.165, 1.54) is 17.9 Å². The SMILES string of the molecule is CCC(C)NC(=O)CCS(=O)(=O)c1cc(Br)cc2c1N(C(C)=O)CC2. The summed E-state index contributed by atoms with van der Waals surface area (Å²) in [5, 5.41) is 2.77. The number of amides is 2. The summed E-state index contributed by atoms with van der Waals surface area (Å²) < 4.78 is 26.3. The van der Waals surface area contributed by atoms with Crippen LogP contribution in [-0.2, 0) is 25.8 Å². The molecule has 0 radical (unpaired) electrons. The molecule has 1 aromatic carbocycles. The first-order valence-electron chi connectivity index (χ1n) is 8.28. The van der Waals surface area contributed by atoms with Crippen molar-refractivity contribution in [2.24, 2.45) is 0 Å². The number of carbonyl (C=O) groups is 2. The highest BCUT2D eigenvalue weighted by Crippen LogP contribution is 2.38. The number of carbonyl (C=O) groups excluding carboxylic acids is 2. The number of sulfone groups is 1. The van der Waals surface area contributed by atoms with Crippen molar-refractivity contribution in [1.82, 2.24) is 5.32 Å². The summed E-state index contributed by atoms with van der Waals surface area (Å²) >= 11 is 3.34. The van der Waals surface area contributed by atoms with Crippen LogP contribution in [0.4, 0.5) is 5.69 Å². The van der Waals surface area contributed by atoms with Crippen molar-refractivity contribution in [2.45, 2.75) is 51.0 Å². The lowest BCUT2D eigenvalue weighted by atomic mass is 10.2. The first kappa shape index (κ1) is 19.9. The number of nitrogens with one attached hydrogen (secondary N) is 1. The van der Waals surface area contributed by atoms with Crippen LogP contribution in [0.25, 0.3) is 0 Å². The van der Waals surface area contributed by atoms with E-state index in [-0.39, 0.29) is 34.9 Å². The predicted octanol–water partition coefficient (Wildman–Crippen LogP) is 2.44. The van der Waals surface area contributed by atoms with Crippen molar-refractivity contribution in [3.05, 3.63) is 22.2 Å². The Kier molecular flexibility index (Phi) is 6.26. The summed E-state index contributed by atoms with van der Waals surface area (Å²) in [5.41, 5.74) is 1.28. The molecule has 138 valence electrons. The van der Waals surface area contributed by atoms with Crippen LogP contribution in [0.15, 0.2) is 21.5 Å². The number of hydrogen-bond acceptors (Lipinski definition) is 4. The molecular formula is C17H23BrN2O4S. The van der Waals surface area contributed by atoms with E-state index in [1.807, 2.05) is 19.9 Å². The number of hydrogen-bond donors (Lipinski definition) is 1. The molecule has 1 aliphatic heterocycles. The number of benzene rings is 1. The Balaban J connectivity index is 2.28. The van der Waals surface area contributed by atoms with Crippen LogP contribution in [0.2, 0.25) is 0 Å². The molecule has 0 aromatic heterocycles. The Morgan fingerprint density at radius 2 is 2.04 bits per heavy atom. The van der Waals surface area contributed by atoms with Gasteiger partial charge in [0, 0.05) is 30.4 Å². The molecule has 1 aliphatic rings.